The number of benzene rings is 2. The molecular formula is C18H15NO4. The summed E-state index contributed by atoms with van der Waals surface area (Å²) in [6.45, 7) is 0. The van der Waals surface area contributed by atoms with Crippen LogP contribution in [0.15, 0.2) is 41.4 Å². The number of methoxy groups -OCH3 is 2. The number of esters is 1. The fourth-order valence-electron chi connectivity index (χ4n) is 2.66. The molecule has 23 heavy (non-hydrogen) atoms. The average molecular weight is 309 g/mol. The van der Waals surface area contributed by atoms with Gasteiger partial charge in [-0.1, -0.05) is 12.1 Å². The van der Waals surface area contributed by atoms with Crippen LogP contribution in [0.4, 0.5) is 5.69 Å². The van der Waals surface area contributed by atoms with Gasteiger partial charge in [-0.05, 0) is 35.4 Å². The molecule has 0 N–H and O–H groups in total. The van der Waals surface area contributed by atoms with E-state index in [9.17, 15) is 9.59 Å². The van der Waals surface area contributed by atoms with Gasteiger partial charge in [0.1, 0.15) is 5.75 Å². The lowest BCUT2D eigenvalue weighted by atomic mass is 9.99. The molecule has 1 aliphatic heterocycles. The van der Waals surface area contributed by atoms with E-state index in [1.807, 2.05) is 18.2 Å². The summed E-state index contributed by atoms with van der Waals surface area (Å²) in [6, 6.07) is 10.7. The van der Waals surface area contributed by atoms with E-state index in [2.05, 4.69) is 9.73 Å². The Balaban J connectivity index is 1.92. The monoisotopic (exact) mass is 309 g/mol. The van der Waals surface area contributed by atoms with Crippen molar-refractivity contribution >= 4 is 23.7 Å². The number of rotatable bonds is 4. The number of ether oxygens (including phenoxy) is 2. The minimum Gasteiger partial charge on any atom is -0.496 e. The first-order valence-electron chi connectivity index (χ1n) is 7.09. The summed E-state index contributed by atoms with van der Waals surface area (Å²) in [6.07, 6.45) is 1.36. The van der Waals surface area contributed by atoms with Gasteiger partial charge < -0.3 is 9.47 Å². The number of carbonyl (C=O) groups is 2. The Morgan fingerprint density at radius 2 is 1.87 bits per heavy atom. The minimum absolute atomic E-state index is 0.374. The maximum absolute atomic E-state index is 11.5. The van der Waals surface area contributed by atoms with Crippen LogP contribution in [-0.4, -0.2) is 32.2 Å². The molecule has 2 aromatic carbocycles. The molecule has 0 radical (unpaired) electrons. The van der Waals surface area contributed by atoms with Crippen molar-refractivity contribution in [2.45, 2.75) is 6.42 Å². The van der Waals surface area contributed by atoms with E-state index in [-0.39, 0.29) is 5.97 Å². The van der Waals surface area contributed by atoms with Crippen LogP contribution in [0, 0.1) is 0 Å². The first-order chi connectivity index (χ1) is 11.2. The molecule has 0 fully saturated rings. The number of fused-ring (bicyclic) bond motifs is 1. The average Bonchev–Trinajstić information content (AvgIpc) is 3.04. The van der Waals surface area contributed by atoms with Crippen LogP contribution in [0.3, 0.4) is 0 Å². The lowest BCUT2D eigenvalue weighted by Gasteiger charge is -2.07. The van der Waals surface area contributed by atoms with E-state index in [1.54, 1.807) is 18.2 Å². The Labute approximate surface area is 133 Å². The molecule has 0 atom stereocenters. The predicted molar refractivity (Wildman–Crippen MR) is 86.1 cm³/mol. The summed E-state index contributed by atoms with van der Waals surface area (Å²) in [7, 11) is 2.89. The highest BCUT2D eigenvalue weighted by Gasteiger charge is 2.22. The molecule has 1 aliphatic rings. The molecule has 0 aliphatic carbocycles. The van der Waals surface area contributed by atoms with Crippen molar-refractivity contribution in [3.05, 3.63) is 58.7 Å². The second-order valence-corrected chi connectivity index (χ2v) is 5.10. The normalized spacial score (nSPS) is 12.3. The van der Waals surface area contributed by atoms with Gasteiger partial charge in [0, 0.05) is 6.42 Å². The van der Waals surface area contributed by atoms with Crippen LogP contribution in [-0.2, 0) is 11.2 Å². The SMILES string of the molecule is COC(=O)c1ccc(C2=Nc3ccc(OC)c(C=O)c3C2)cc1. The number of aliphatic imine (C=N–C) groups is 1. The zero-order valence-corrected chi connectivity index (χ0v) is 12.8. The number of nitrogens with zero attached hydrogens (tertiary/aromatic N) is 1. The predicted octanol–water partition coefficient (Wildman–Crippen LogP) is 2.97. The van der Waals surface area contributed by atoms with Crippen molar-refractivity contribution in [2.75, 3.05) is 14.2 Å². The van der Waals surface area contributed by atoms with Crippen LogP contribution in [0.2, 0.25) is 0 Å². The quantitative estimate of drug-likeness (QED) is 0.643. The van der Waals surface area contributed by atoms with E-state index in [0.717, 1.165) is 28.8 Å². The highest BCUT2D eigenvalue weighted by atomic mass is 16.5. The topological polar surface area (TPSA) is 65.0 Å². The first-order valence-corrected chi connectivity index (χ1v) is 7.09. The Kier molecular flexibility index (Phi) is 3.93. The Bertz CT molecular complexity index is 807. The highest BCUT2D eigenvalue weighted by Crippen LogP contribution is 2.35. The third-order valence-electron chi connectivity index (χ3n) is 3.87. The molecule has 2 aromatic rings. The summed E-state index contributed by atoms with van der Waals surface area (Å²) >= 11 is 0. The Morgan fingerprint density at radius 1 is 1.13 bits per heavy atom. The highest BCUT2D eigenvalue weighted by molar-refractivity contribution is 6.08. The van der Waals surface area contributed by atoms with Crippen molar-refractivity contribution in [3.63, 3.8) is 0 Å². The summed E-state index contributed by atoms with van der Waals surface area (Å²) < 4.78 is 9.91. The van der Waals surface area contributed by atoms with E-state index >= 15 is 0 Å². The van der Waals surface area contributed by atoms with E-state index in [4.69, 9.17) is 4.74 Å². The van der Waals surface area contributed by atoms with Crippen LogP contribution < -0.4 is 4.74 Å². The van der Waals surface area contributed by atoms with Crippen molar-refractivity contribution in [1.82, 2.24) is 0 Å². The number of hydrogen-bond donors (Lipinski definition) is 0. The van der Waals surface area contributed by atoms with Gasteiger partial charge in [0.25, 0.3) is 0 Å². The third kappa shape index (κ3) is 2.61. The van der Waals surface area contributed by atoms with Crippen LogP contribution in [0.25, 0.3) is 0 Å². The van der Waals surface area contributed by atoms with Crippen molar-refractivity contribution in [2.24, 2.45) is 4.99 Å². The molecule has 0 saturated carbocycles. The molecule has 0 saturated heterocycles. The zero-order valence-electron chi connectivity index (χ0n) is 12.8. The molecule has 0 amide bonds. The molecule has 3 rings (SSSR count). The first kappa shape index (κ1) is 15.0. The standard InChI is InChI=1S/C18H15NO4/c1-22-17-8-7-15-13(14(17)10-20)9-16(19-15)11-3-5-12(6-4-11)18(21)23-2/h3-8,10H,9H2,1-2H3. The molecular weight excluding hydrogens is 294 g/mol. The molecule has 0 spiro atoms. The fraction of sp³-hybridized carbons (Fsp3) is 0.167. The lowest BCUT2D eigenvalue weighted by Crippen LogP contribution is -2.05. The number of aldehydes is 1. The summed E-state index contributed by atoms with van der Waals surface area (Å²) in [5.41, 5.74) is 4.43. The van der Waals surface area contributed by atoms with Gasteiger partial charge in [0.2, 0.25) is 0 Å². The van der Waals surface area contributed by atoms with Gasteiger partial charge in [-0.3, -0.25) is 9.79 Å². The van der Waals surface area contributed by atoms with Crippen molar-refractivity contribution in [3.8, 4) is 5.75 Å². The maximum Gasteiger partial charge on any atom is 0.337 e. The maximum atomic E-state index is 11.5. The molecule has 1 heterocycles. The second-order valence-electron chi connectivity index (χ2n) is 5.10. The zero-order chi connectivity index (χ0) is 16.4. The van der Waals surface area contributed by atoms with Crippen molar-refractivity contribution < 1.29 is 19.1 Å². The largest absolute Gasteiger partial charge is 0.496 e. The van der Waals surface area contributed by atoms with Gasteiger partial charge in [0.15, 0.2) is 6.29 Å². The van der Waals surface area contributed by atoms with Crippen molar-refractivity contribution in [1.29, 1.82) is 0 Å². The van der Waals surface area contributed by atoms with E-state index < -0.39 is 0 Å². The molecule has 5 heteroatoms. The third-order valence-corrected chi connectivity index (χ3v) is 3.87. The van der Waals surface area contributed by atoms with Gasteiger partial charge in [-0.15, -0.1) is 0 Å². The Hall–Kier alpha value is -2.95. The smallest absolute Gasteiger partial charge is 0.337 e. The fourth-order valence-corrected chi connectivity index (χ4v) is 2.66. The van der Waals surface area contributed by atoms with E-state index in [1.165, 1.54) is 14.2 Å². The number of hydrogen-bond acceptors (Lipinski definition) is 5. The van der Waals surface area contributed by atoms with Gasteiger partial charge >= 0.3 is 5.97 Å². The summed E-state index contributed by atoms with van der Waals surface area (Å²) in [5, 5.41) is 0. The van der Waals surface area contributed by atoms with Gasteiger partial charge in [0.05, 0.1) is 36.7 Å². The van der Waals surface area contributed by atoms with Crippen LogP contribution >= 0.6 is 0 Å². The molecule has 0 unspecified atom stereocenters. The minimum atomic E-state index is -0.374. The van der Waals surface area contributed by atoms with E-state index in [0.29, 0.717) is 23.3 Å². The molecule has 116 valence electrons. The molecule has 0 bridgehead atoms. The molecule has 0 aromatic heterocycles. The summed E-state index contributed by atoms with van der Waals surface area (Å²) in [4.78, 5) is 27.4. The molecule has 5 nitrogen and oxygen atoms in total. The van der Waals surface area contributed by atoms with Gasteiger partial charge in [-0.25, -0.2) is 4.79 Å². The number of carbonyl (C=O) groups excluding carboxylic acids is 2. The Morgan fingerprint density at radius 3 is 2.48 bits per heavy atom. The van der Waals surface area contributed by atoms with Gasteiger partial charge in [-0.2, -0.15) is 0 Å². The lowest BCUT2D eigenvalue weighted by molar-refractivity contribution is 0.0600. The summed E-state index contributed by atoms with van der Waals surface area (Å²) in [5.74, 6) is 0.178. The van der Waals surface area contributed by atoms with Crippen LogP contribution in [0.1, 0.15) is 31.8 Å². The second kappa shape index (κ2) is 6.04. The van der Waals surface area contributed by atoms with Crippen LogP contribution in [0.5, 0.6) is 5.75 Å².